The van der Waals surface area contributed by atoms with Gasteiger partial charge in [0.1, 0.15) is 5.75 Å². The highest BCUT2D eigenvalue weighted by Crippen LogP contribution is 2.20. The summed E-state index contributed by atoms with van der Waals surface area (Å²) in [6.45, 7) is 12.4. The summed E-state index contributed by atoms with van der Waals surface area (Å²) in [5, 5.41) is 6.82. The van der Waals surface area contributed by atoms with Gasteiger partial charge in [0.05, 0.1) is 18.8 Å². The number of methoxy groups -OCH3 is 1. The van der Waals surface area contributed by atoms with Crippen molar-refractivity contribution in [2.75, 3.05) is 53.6 Å². The third-order valence-electron chi connectivity index (χ3n) is 5.08. The number of nitrogens with zero attached hydrogens (tertiary/aromatic N) is 2. The van der Waals surface area contributed by atoms with Crippen LogP contribution in [-0.2, 0) is 16.0 Å². The molecule has 1 aromatic rings. The molecule has 2 N–H and O–H groups in total. The highest BCUT2D eigenvalue weighted by Gasteiger charge is 2.21. The van der Waals surface area contributed by atoms with Crippen LogP contribution in [0.3, 0.4) is 0 Å². The number of hydrogen-bond acceptors (Lipinski definition) is 5. The molecular formula is C23H41IN4O3. The van der Waals surface area contributed by atoms with Gasteiger partial charge in [0.2, 0.25) is 0 Å². The molecule has 1 aliphatic heterocycles. The number of ether oxygens (including phenoxy) is 3. The monoisotopic (exact) mass is 548 g/mol. The van der Waals surface area contributed by atoms with Crippen LogP contribution in [0.1, 0.15) is 37.8 Å². The van der Waals surface area contributed by atoms with E-state index < -0.39 is 0 Å². The first-order valence-corrected chi connectivity index (χ1v) is 11.1. The zero-order valence-corrected chi connectivity index (χ0v) is 22.1. The maximum Gasteiger partial charge on any atom is 0.191 e. The van der Waals surface area contributed by atoms with E-state index in [1.807, 2.05) is 0 Å². The molecule has 0 radical (unpaired) electrons. The van der Waals surface area contributed by atoms with Gasteiger partial charge >= 0.3 is 0 Å². The van der Waals surface area contributed by atoms with Gasteiger partial charge in [0.25, 0.3) is 0 Å². The maximum absolute atomic E-state index is 5.97. The molecule has 2 rings (SSSR count). The van der Waals surface area contributed by atoms with Crippen molar-refractivity contribution in [3.8, 4) is 5.75 Å². The smallest absolute Gasteiger partial charge is 0.191 e. The molecule has 0 aromatic heterocycles. The molecule has 7 nitrogen and oxygen atoms in total. The van der Waals surface area contributed by atoms with Gasteiger partial charge in [-0.1, -0.05) is 12.1 Å². The number of halogens is 1. The van der Waals surface area contributed by atoms with Gasteiger partial charge in [-0.25, -0.2) is 0 Å². The first kappa shape index (κ1) is 27.9. The Hall–Kier alpha value is -1.10. The fraction of sp³-hybridized carbons (Fsp3) is 0.696. The predicted molar refractivity (Wildman–Crippen MR) is 138 cm³/mol. The number of rotatable bonds is 11. The molecule has 0 amide bonds. The van der Waals surface area contributed by atoms with E-state index in [9.17, 15) is 0 Å². The van der Waals surface area contributed by atoms with E-state index in [-0.39, 0.29) is 24.0 Å². The largest absolute Gasteiger partial charge is 0.493 e. The number of aryl methyl sites for hydroxylation is 1. The van der Waals surface area contributed by atoms with Gasteiger partial charge in [0.15, 0.2) is 5.96 Å². The second-order valence-electron chi connectivity index (χ2n) is 8.03. The summed E-state index contributed by atoms with van der Waals surface area (Å²) >= 11 is 0. The molecule has 178 valence electrons. The van der Waals surface area contributed by atoms with E-state index in [0.29, 0.717) is 32.0 Å². The summed E-state index contributed by atoms with van der Waals surface area (Å²) in [5.41, 5.74) is 2.31. The van der Waals surface area contributed by atoms with E-state index in [0.717, 1.165) is 56.3 Å². The average molecular weight is 549 g/mol. The fourth-order valence-electron chi connectivity index (χ4n) is 3.70. The third kappa shape index (κ3) is 10.9. The Balaban J connectivity index is 0.00000480. The van der Waals surface area contributed by atoms with Crippen molar-refractivity contribution in [2.45, 2.75) is 52.4 Å². The van der Waals surface area contributed by atoms with E-state index >= 15 is 0 Å². The number of nitrogens with one attached hydrogen (secondary N) is 2. The maximum atomic E-state index is 5.97. The predicted octanol–water partition coefficient (Wildman–Crippen LogP) is 3.19. The molecule has 1 aliphatic rings. The molecule has 0 aliphatic carbocycles. The van der Waals surface area contributed by atoms with Gasteiger partial charge in [-0.2, -0.15) is 0 Å². The highest BCUT2D eigenvalue weighted by molar-refractivity contribution is 14.0. The van der Waals surface area contributed by atoms with Gasteiger partial charge in [-0.15, -0.1) is 24.0 Å². The average Bonchev–Trinajstić information content (AvgIpc) is 2.71. The van der Waals surface area contributed by atoms with Crippen molar-refractivity contribution >= 4 is 29.9 Å². The molecule has 0 saturated carbocycles. The normalized spacial score (nSPS) is 19.6. The number of morpholine rings is 1. The molecule has 1 aromatic carbocycles. The van der Waals surface area contributed by atoms with Crippen molar-refractivity contribution in [1.82, 2.24) is 15.5 Å². The van der Waals surface area contributed by atoms with Crippen LogP contribution in [0.25, 0.3) is 0 Å². The first-order chi connectivity index (χ1) is 14.5. The molecule has 8 heteroatoms. The molecular weight excluding hydrogens is 507 g/mol. The Bertz CT molecular complexity index is 650. The zero-order chi connectivity index (χ0) is 21.8. The second kappa shape index (κ2) is 15.7. The Morgan fingerprint density at radius 2 is 1.90 bits per heavy atom. The van der Waals surface area contributed by atoms with Crippen molar-refractivity contribution in [3.63, 3.8) is 0 Å². The van der Waals surface area contributed by atoms with Crippen LogP contribution in [-0.4, -0.2) is 76.6 Å². The minimum absolute atomic E-state index is 0. The number of guanidine groups is 1. The first-order valence-electron chi connectivity index (χ1n) is 11.1. The standard InChI is InChI=1S/C23H40N4O3.HI/c1-18-8-9-21(22(14-18)29-13-7-12-28-5)15-26-23(24-4)25-10-6-11-27-16-19(2)30-20(3)17-27;/h8-9,14,19-20H,6-7,10-13,15-17H2,1-5H3,(H2,24,25,26);1H. The zero-order valence-electron chi connectivity index (χ0n) is 19.8. The van der Waals surface area contributed by atoms with Gasteiger partial charge < -0.3 is 24.8 Å². The number of aliphatic imine (C=N–C) groups is 1. The SMILES string of the molecule is CN=C(NCCCN1CC(C)OC(C)C1)NCc1ccc(C)cc1OCCCOC.I. The Kier molecular flexibility index (Phi) is 14.1. The van der Waals surface area contributed by atoms with Crippen LogP contribution in [0.2, 0.25) is 0 Å². The van der Waals surface area contributed by atoms with Crippen LogP contribution in [0.15, 0.2) is 23.2 Å². The Labute approximate surface area is 205 Å². The quantitative estimate of drug-likeness (QED) is 0.192. The van der Waals surface area contributed by atoms with Crippen LogP contribution >= 0.6 is 24.0 Å². The molecule has 2 atom stereocenters. The summed E-state index contributed by atoms with van der Waals surface area (Å²) in [7, 11) is 3.51. The third-order valence-corrected chi connectivity index (χ3v) is 5.08. The van der Waals surface area contributed by atoms with Crippen LogP contribution in [0.4, 0.5) is 0 Å². The molecule has 1 saturated heterocycles. The van der Waals surface area contributed by atoms with Gasteiger partial charge in [0, 0.05) is 65.5 Å². The van der Waals surface area contributed by atoms with E-state index in [2.05, 4.69) is 59.5 Å². The van der Waals surface area contributed by atoms with E-state index in [1.54, 1.807) is 14.2 Å². The van der Waals surface area contributed by atoms with Gasteiger partial charge in [-0.05, 0) is 38.8 Å². The lowest BCUT2D eigenvalue weighted by Gasteiger charge is -2.35. The summed E-state index contributed by atoms with van der Waals surface area (Å²) in [5.74, 6) is 1.73. The van der Waals surface area contributed by atoms with Crippen molar-refractivity contribution in [3.05, 3.63) is 29.3 Å². The topological polar surface area (TPSA) is 67.4 Å². The molecule has 0 spiro atoms. The van der Waals surface area contributed by atoms with Crippen molar-refractivity contribution in [2.24, 2.45) is 4.99 Å². The summed E-state index contributed by atoms with van der Waals surface area (Å²) in [6, 6.07) is 6.31. The summed E-state index contributed by atoms with van der Waals surface area (Å²) in [4.78, 5) is 6.83. The van der Waals surface area contributed by atoms with Crippen LogP contribution in [0, 0.1) is 6.92 Å². The summed E-state index contributed by atoms with van der Waals surface area (Å²) in [6.07, 6.45) is 2.58. The lowest BCUT2D eigenvalue weighted by Crippen LogP contribution is -2.46. The summed E-state index contributed by atoms with van der Waals surface area (Å²) < 4.78 is 16.9. The lowest BCUT2D eigenvalue weighted by atomic mass is 10.1. The number of benzene rings is 1. The minimum atomic E-state index is 0. The molecule has 31 heavy (non-hydrogen) atoms. The highest BCUT2D eigenvalue weighted by atomic mass is 127. The van der Waals surface area contributed by atoms with Crippen molar-refractivity contribution < 1.29 is 14.2 Å². The fourth-order valence-corrected chi connectivity index (χ4v) is 3.70. The van der Waals surface area contributed by atoms with E-state index in [4.69, 9.17) is 14.2 Å². The molecule has 0 bridgehead atoms. The Morgan fingerprint density at radius 1 is 1.16 bits per heavy atom. The molecule has 1 heterocycles. The van der Waals surface area contributed by atoms with Crippen molar-refractivity contribution in [1.29, 1.82) is 0 Å². The minimum Gasteiger partial charge on any atom is -0.493 e. The van der Waals surface area contributed by atoms with Crippen LogP contribution in [0.5, 0.6) is 5.75 Å². The van der Waals surface area contributed by atoms with Gasteiger partial charge in [-0.3, -0.25) is 9.89 Å². The second-order valence-corrected chi connectivity index (χ2v) is 8.03. The molecule has 2 unspecified atom stereocenters. The lowest BCUT2D eigenvalue weighted by molar-refractivity contribution is -0.0679. The van der Waals surface area contributed by atoms with Crippen LogP contribution < -0.4 is 15.4 Å². The Morgan fingerprint density at radius 3 is 2.58 bits per heavy atom. The number of hydrogen-bond donors (Lipinski definition) is 2. The molecule has 1 fully saturated rings. The van der Waals surface area contributed by atoms with E-state index in [1.165, 1.54) is 5.56 Å².